The molecule has 1 N–H and O–H groups in total. The second kappa shape index (κ2) is 8.06. The number of thiazole rings is 1. The van der Waals surface area contributed by atoms with Crippen molar-refractivity contribution in [3.63, 3.8) is 0 Å². The van der Waals surface area contributed by atoms with Gasteiger partial charge in [0.2, 0.25) is 5.91 Å². The molecule has 2 aromatic rings. The van der Waals surface area contributed by atoms with Gasteiger partial charge in [0.15, 0.2) is 5.13 Å². The predicted octanol–water partition coefficient (Wildman–Crippen LogP) is 2.37. The first-order valence-electron chi connectivity index (χ1n) is 7.88. The first-order chi connectivity index (χ1) is 11.8. The molecule has 0 aliphatic heterocycles. The van der Waals surface area contributed by atoms with E-state index in [1.54, 1.807) is 26.0 Å². The maximum Gasteiger partial charge on any atom is 0.350 e. The summed E-state index contributed by atoms with van der Waals surface area (Å²) in [5, 5.41) is 2.93. The lowest BCUT2D eigenvalue weighted by atomic mass is 10.2. The van der Waals surface area contributed by atoms with Crippen molar-refractivity contribution in [3.8, 4) is 0 Å². The van der Waals surface area contributed by atoms with E-state index in [9.17, 15) is 14.4 Å². The molecule has 0 aliphatic carbocycles. The summed E-state index contributed by atoms with van der Waals surface area (Å²) < 4.78 is 6.56. The van der Waals surface area contributed by atoms with Gasteiger partial charge in [-0.25, -0.2) is 9.78 Å². The Balaban J connectivity index is 2.06. The van der Waals surface area contributed by atoms with Crippen LogP contribution in [0.15, 0.2) is 23.0 Å². The average Bonchev–Trinajstić information content (AvgIpc) is 2.89. The number of nitrogens with one attached hydrogen (secondary N) is 1. The van der Waals surface area contributed by atoms with E-state index in [0.717, 1.165) is 11.3 Å². The zero-order valence-corrected chi connectivity index (χ0v) is 15.5. The molecule has 0 bridgehead atoms. The van der Waals surface area contributed by atoms with Gasteiger partial charge in [-0.1, -0.05) is 31.3 Å². The second-order valence-corrected chi connectivity index (χ2v) is 7.06. The van der Waals surface area contributed by atoms with Crippen molar-refractivity contribution < 1.29 is 14.3 Å². The number of anilines is 1. The van der Waals surface area contributed by atoms with E-state index in [1.807, 2.05) is 13.8 Å². The number of hydrogen-bond acceptors (Lipinski definition) is 6. The molecule has 7 nitrogen and oxygen atoms in total. The van der Waals surface area contributed by atoms with Crippen LogP contribution < -0.4 is 10.9 Å². The Labute approximate surface area is 149 Å². The molecule has 0 unspecified atom stereocenters. The minimum atomic E-state index is -0.445. The lowest BCUT2D eigenvalue weighted by molar-refractivity contribution is -0.116. The summed E-state index contributed by atoms with van der Waals surface area (Å²) in [4.78, 5) is 40.6. The number of aromatic nitrogens is 2. The Bertz CT molecular complexity index is 839. The Morgan fingerprint density at radius 3 is 2.68 bits per heavy atom. The minimum absolute atomic E-state index is 0.114. The van der Waals surface area contributed by atoms with Crippen LogP contribution in [0.3, 0.4) is 0 Å². The van der Waals surface area contributed by atoms with E-state index in [-0.39, 0.29) is 23.9 Å². The zero-order valence-electron chi connectivity index (χ0n) is 14.7. The van der Waals surface area contributed by atoms with E-state index < -0.39 is 5.97 Å². The number of nitrogens with zero attached hydrogens (tertiary/aromatic N) is 2. The number of carbonyl (C=O) groups excluding carboxylic acids is 2. The summed E-state index contributed by atoms with van der Waals surface area (Å²) in [6.45, 7) is 7.55. The largest absolute Gasteiger partial charge is 0.461 e. The lowest BCUT2D eigenvalue weighted by Gasteiger charge is -2.08. The van der Waals surface area contributed by atoms with Crippen molar-refractivity contribution in [2.75, 3.05) is 11.9 Å². The smallest absolute Gasteiger partial charge is 0.350 e. The van der Waals surface area contributed by atoms with Gasteiger partial charge in [0.1, 0.15) is 11.4 Å². The van der Waals surface area contributed by atoms with Gasteiger partial charge in [-0.3, -0.25) is 9.59 Å². The molecule has 0 aliphatic rings. The van der Waals surface area contributed by atoms with Crippen molar-refractivity contribution in [3.05, 3.63) is 44.8 Å². The molecule has 0 saturated carbocycles. The first-order valence-corrected chi connectivity index (χ1v) is 8.70. The quantitative estimate of drug-likeness (QED) is 0.796. The van der Waals surface area contributed by atoms with Crippen LogP contribution in [-0.2, 0) is 16.1 Å². The monoisotopic (exact) mass is 363 g/mol. The Morgan fingerprint density at radius 1 is 1.32 bits per heavy atom. The standard InChI is InChI=1S/C17H21N3O4S/c1-10(2)9-24-16(23)15-12(4)18-17(25-15)19-13(21)8-20-11(3)6-5-7-14(20)22/h5-7,10H,8-9H2,1-4H3,(H,18,19,21). The van der Waals surface area contributed by atoms with Gasteiger partial charge in [-0.05, 0) is 25.8 Å². The van der Waals surface area contributed by atoms with E-state index >= 15 is 0 Å². The topological polar surface area (TPSA) is 90.3 Å². The fourth-order valence-corrected chi connectivity index (χ4v) is 2.95. The molecule has 2 heterocycles. The van der Waals surface area contributed by atoms with E-state index in [0.29, 0.717) is 28.0 Å². The Hall–Kier alpha value is -2.48. The molecule has 0 radical (unpaired) electrons. The van der Waals surface area contributed by atoms with E-state index in [2.05, 4.69) is 10.3 Å². The van der Waals surface area contributed by atoms with E-state index in [1.165, 1.54) is 10.6 Å². The average molecular weight is 363 g/mol. The molecular formula is C17H21N3O4S. The second-order valence-electron chi connectivity index (χ2n) is 6.07. The number of amides is 1. The third-order valence-corrected chi connectivity index (χ3v) is 4.40. The summed E-state index contributed by atoms with van der Waals surface area (Å²) >= 11 is 1.06. The molecule has 0 aromatic carbocycles. The normalized spacial score (nSPS) is 10.8. The number of esters is 1. The minimum Gasteiger partial charge on any atom is -0.461 e. The van der Waals surface area contributed by atoms with Crippen molar-refractivity contribution in [2.45, 2.75) is 34.2 Å². The van der Waals surface area contributed by atoms with Crippen LogP contribution in [0.1, 0.15) is 34.9 Å². The molecule has 0 spiro atoms. The molecule has 0 fully saturated rings. The summed E-state index contributed by atoms with van der Waals surface area (Å²) in [6, 6.07) is 4.80. The van der Waals surface area contributed by atoms with Crippen molar-refractivity contribution in [1.29, 1.82) is 0 Å². The van der Waals surface area contributed by atoms with Crippen molar-refractivity contribution in [2.24, 2.45) is 5.92 Å². The van der Waals surface area contributed by atoms with Crippen molar-refractivity contribution >= 4 is 28.3 Å². The molecule has 2 rings (SSSR count). The number of hydrogen-bond donors (Lipinski definition) is 1. The third kappa shape index (κ3) is 4.99. The molecule has 1 amide bonds. The van der Waals surface area contributed by atoms with Crippen LogP contribution in [-0.4, -0.2) is 28.0 Å². The third-order valence-electron chi connectivity index (χ3n) is 3.35. The maximum absolute atomic E-state index is 12.2. The van der Waals surface area contributed by atoms with Crippen molar-refractivity contribution in [1.82, 2.24) is 9.55 Å². The van der Waals surface area contributed by atoms with Crippen LogP contribution >= 0.6 is 11.3 Å². The predicted molar refractivity (Wildman–Crippen MR) is 96.0 cm³/mol. The number of rotatable bonds is 6. The van der Waals surface area contributed by atoms with E-state index in [4.69, 9.17) is 4.74 Å². The molecule has 8 heteroatoms. The van der Waals surface area contributed by atoms with Crippen LogP contribution in [0, 0.1) is 19.8 Å². The Kier molecular flexibility index (Phi) is 6.08. The van der Waals surface area contributed by atoms with Crippen LogP contribution in [0.2, 0.25) is 0 Å². The highest BCUT2D eigenvalue weighted by Gasteiger charge is 2.18. The molecule has 25 heavy (non-hydrogen) atoms. The van der Waals surface area contributed by atoms with Crippen LogP contribution in [0.4, 0.5) is 5.13 Å². The van der Waals surface area contributed by atoms with Gasteiger partial charge in [0.25, 0.3) is 5.56 Å². The van der Waals surface area contributed by atoms with Gasteiger partial charge in [0.05, 0.1) is 12.3 Å². The fourth-order valence-electron chi connectivity index (χ4n) is 2.08. The molecule has 0 atom stereocenters. The fraction of sp³-hybridized carbons (Fsp3) is 0.412. The summed E-state index contributed by atoms with van der Waals surface area (Å²) in [5.41, 5.74) is 0.946. The highest BCUT2D eigenvalue weighted by atomic mass is 32.1. The zero-order chi connectivity index (χ0) is 18.6. The molecule has 2 aromatic heterocycles. The molecule has 134 valence electrons. The Morgan fingerprint density at radius 2 is 2.04 bits per heavy atom. The van der Waals surface area contributed by atoms with Gasteiger partial charge in [-0.2, -0.15) is 0 Å². The summed E-state index contributed by atoms with van der Waals surface area (Å²) in [7, 11) is 0. The summed E-state index contributed by atoms with van der Waals surface area (Å²) in [5.74, 6) is -0.588. The molecule has 0 saturated heterocycles. The van der Waals surface area contributed by atoms with Crippen LogP contribution in [0.25, 0.3) is 0 Å². The number of ether oxygens (including phenoxy) is 1. The molecular weight excluding hydrogens is 342 g/mol. The van der Waals surface area contributed by atoms with Gasteiger partial charge >= 0.3 is 5.97 Å². The maximum atomic E-state index is 12.2. The number of aryl methyl sites for hydroxylation is 2. The van der Waals surface area contributed by atoms with Gasteiger partial charge in [-0.15, -0.1) is 0 Å². The number of carbonyl (C=O) groups is 2. The number of pyridine rings is 1. The van der Waals surface area contributed by atoms with Gasteiger partial charge < -0.3 is 14.6 Å². The summed E-state index contributed by atoms with van der Waals surface area (Å²) in [6.07, 6.45) is 0. The highest BCUT2D eigenvalue weighted by molar-refractivity contribution is 7.17. The first kappa shape index (κ1) is 18.9. The van der Waals surface area contributed by atoms with Gasteiger partial charge in [0, 0.05) is 11.8 Å². The highest BCUT2D eigenvalue weighted by Crippen LogP contribution is 2.23. The van der Waals surface area contributed by atoms with Crippen LogP contribution in [0.5, 0.6) is 0 Å². The lowest BCUT2D eigenvalue weighted by Crippen LogP contribution is -2.28. The SMILES string of the molecule is Cc1nc(NC(=O)Cn2c(C)cccc2=O)sc1C(=O)OCC(C)C.